The van der Waals surface area contributed by atoms with E-state index in [1.165, 1.54) is 0 Å². The van der Waals surface area contributed by atoms with Crippen molar-refractivity contribution >= 4 is 17.8 Å². The van der Waals surface area contributed by atoms with E-state index in [2.05, 4.69) is 0 Å². The molecule has 0 rings (SSSR count). The lowest BCUT2D eigenvalue weighted by molar-refractivity contribution is 0.700. The fraction of sp³-hybridized carbons (Fsp3) is 1.00. The Kier molecular flexibility index (Phi) is 10.4. The Bertz CT molecular complexity index is 53.7. The molecule has 0 aromatic rings. The monoisotopic (exact) mass is 186 g/mol. The third kappa shape index (κ3) is 8.72. The summed E-state index contributed by atoms with van der Waals surface area (Å²) in [5, 5.41) is 0. The quantitative estimate of drug-likeness (QED) is 0.420. The molecule has 0 radical (unpaired) electrons. The first-order chi connectivity index (χ1) is 4.91. The maximum atomic E-state index is 11.5. The van der Waals surface area contributed by atoms with E-state index in [0.717, 1.165) is 25.7 Å². The van der Waals surface area contributed by atoms with Crippen molar-refractivity contribution in [1.29, 1.82) is 0 Å². The van der Waals surface area contributed by atoms with Crippen LogP contribution in [-0.4, -0.2) is 12.3 Å². The van der Waals surface area contributed by atoms with E-state index < -0.39 is 17.8 Å². The molecule has 0 fully saturated rings. The summed E-state index contributed by atoms with van der Waals surface area (Å²) < 4.78 is 23.1. The molecule has 10 heavy (non-hydrogen) atoms. The molecule has 0 saturated heterocycles. The molecule has 0 nitrogen and oxygen atoms in total. The lowest BCUT2D eigenvalue weighted by Crippen LogP contribution is -1.80. The van der Waals surface area contributed by atoms with Crippen molar-refractivity contribution < 1.29 is 8.39 Å². The average molecular weight is 186 g/mol. The van der Waals surface area contributed by atoms with Crippen LogP contribution in [-0.2, 0) is 0 Å². The van der Waals surface area contributed by atoms with Gasteiger partial charge < -0.3 is 0 Å². The molecule has 2 atom stereocenters. The first kappa shape index (κ1) is 10.7. The van der Waals surface area contributed by atoms with Crippen molar-refractivity contribution in [2.45, 2.75) is 25.7 Å². The highest BCUT2D eigenvalue weighted by Gasteiger charge is 1.89. The standard InChI is InChI=1S/C6H14F2P2/c7-9-5-3-1-2-4-6-10-8/h9-10H,1-6H2. The second kappa shape index (κ2) is 9.72. The van der Waals surface area contributed by atoms with E-state index >= 15 is 0 Å². The molecule has 0 aromatic heterocycles. The van der Waals surface area contributed by atoms with Gasteiger partial charge in [-0.1, -0.05) is 12.8 Å². The number of hydrogen-bond donors (Lipinski definition) is 0. The fourth-order valence-electron chi connectivity index (χ4n) is 0.737. The van der Waals surface area contributed by atoms with Gasteiger partial charge in [-0.2, -0.15) is 0 Å². The summed E-state index contributed by atoms with van der Waals surface area (Å²) in [5.41, 5.74) is 0. The van der Waals surface area contributed by atoms with Crippen molar-refractivity contribution in [3.8, 4) is 0 Å². The van der Waals surface area contributed by atoms with Crippen LogP contribution in [0, 0.1) is 0 Å². The Labute approximate surface area is 65.0 Å². The molecule has 0 aliphatic heterocycles. The minimum atomic E-state index is -0.402. The van der Waals surface area contributed by atoms with Gasteiger partial charge >= 0.3 is 0 Å². The summed E-state index contributed by atoms with van der Waals surface area (Å²) in [7, 11) is -0.805. The van der Waals surface area contributed by atoms with Crippen LogP contribution in [0.3, 0.4) is 0 Å². The molecule has 62 valence electrons. The lowest BCUT2D eigenvalue weighted by Gasteiger charge is -1.95. The number of halogens is 2. The SMILES string of the molecule is FPCCCCCCPF. The number of rotatable bonds is 7. The zero-order chi connectivity index (χ0) is 7.66. The molecular formula is C6H14F2P2. The molecule has 0 spiro atoms. The van der Waals surface area contributed by atoms with Crippen LogP contribution in [0.15, 0.2) is 0 Å². The lowest BCUT2D eigenvalue weighted by atomic mass is 10.2. The Morgan fingerprint density at radius 2 is 1.10 bits per heavy atom. The molecule has 2 unspecified atom stereocenters. The van der Waals surface area contributed by atoms with E-state index in [9.17, 15) is 8.39 Å². The Hall–Kier alpha value is 0.720. The molecule has 0 bridgehead atoms. The van der Waals surface area contributed by atoms with Crippen LogP contribution < -0.4 is 0 Å². The molecule has 0 aliphatic rings. The molecular weight excluding hydrogens is 172 g/mol. The fourth-order valence-corrected chi connectivity index (χ4v) is 1.50. The van der Waals surface area contributed by atoms with Gasteiger partial charge in [0.05, 0.1) is 17.8 Å². The van der Waals surface area contributed by atoms with Crippen molar-refractivity contribution in [1.82, 2.24) is 0 Å². The Morgan fingerprint density at radius 3 is 1.40 bits per heavy atom. The van der Waals surface area contributed by atoms with Crippen LogP contribution in [0.2, 0.25) is 0 Å². The van der Waals surface area contributed by atoms with Gasteiger partial charge in [0.25, 0.3) is 0 Å². The molecule has 0 aliphatic carbocycles. The van der Waals surface area contributed by atoms with E-state index in [1.807, 2.05) is 0 Å². The average Bonchev–Trinajstić information content (AvgIpc) is 1.97. The van der Waals surface area contributed by atoms with Gasteiger partial charge in [-0.25, -0.2) is 8.39 Å². The van der Waals surface area contributed by atoms with Crippen molar-refractivity contribution in [3.05, 3.63) is 0 Å². The van der Waals surface area contributed by atoms with Crippen molar-refractivity contribution in [2.24, 2.45) is 0 Å². The maximum Gasteiger partial charge on any atom is 0.0670 e. The number of hydrogen-bond acceptors (Lipinski definition) is 0. The maximum absolute atomic E-state index is 11.5. The predicted octanol–water partition coefficient (Wildman–Crippen LogP) is 3.67. The largest absolute Gasteiger partial charge is 0.231 e. The third-order valence-corrected chi connectivity index (χ3v) is 2.38. The van der Waals surface area contributed by atoms with Gasteiger partial charge in [-0.05, 0) is 25.2 Å². The van der Waals surface area contributed by atoms with Crippen LogP contribution in [0.4, 0.5) is 8.39 Å². The predicted molar refractivity (Wildman–Crippen MR) is 47.0 cm³/mol. The summed E-state index contributed by atoms with van der Waals surface area (Å²) in [6.45, 7) is 0. The second-order valence-electron chi connectivity index (χ2n) is 2.18. The van der Waals surface area contributed by atoms with Gasteiger partial charge in [0.1, 0.15) is 0 Å². The van der Waals surface area contributed by atoms with Gasteiger partial charge in [0.15, 0.2) is 0 Å². The summed E-state index contributed by atoms with van der Waals surface area (Å²) in [5.74, 6) is 0. The van der Waals surface area contributed by atoms with Crippen LogP contribution in [0.1, 0.15) is 25.7 Å². The highest BCUT2D eigenvalue weighted by molar-refractivity contribution is 7.31. The first-order valence-corrected chi connectivity index (χ1v) is 5.76. The smallest absolute Gasteiger partial charge is 0.0670 e. The van der Waals surface area contributed by atoms with Crippen molar-refractivity contribution in [3.63, 3.8) is 0 Å². The zero-order valence-corrected chi connectivity index (χ0v) is 8.00. The van der Waals surface area contributed by atoms with Gasteiger partial charge in [-0.15, -0.1) is 0 Å². The molecule has 0 N–H and O–H groups in total. The van der Waals surface area contributed by atoms with E-state index in [-0.39, 0.29) is 0 Å². The normalized spacial score (nSPS) is 12.6. The van der Waals surface area contributed by atoms with Crippen LogP contribution in [0.5, 0.6) is 0 Å². The molecule has 0 saturated carbocycles. The Morgan fingerprint density at radius 1 is 0.700 bits per heavy atom. The molecule has 4 heteroatoms. The van der Waals surface area contributed by atoms with Gasteiger partial charge in [0, 0.05) is 0 Å². The Balaban J connectivity index is 2.65. The second-order valence-corrected chi connectivity index (χ2v) is 3.72. The topological polar surface area (TPSA) is 0 Å². The zero-order valence-electron chi connectivity index (χ0n) is 6.00. The van der Waals surface area contributed by atoms with Gasteiger partial charge in [0.2, 0.25) is 0 Å². The highest BCUT2D eigenvalue weighted by Crippen LogP contribution is 2.16. The van der Waals surface area contributed by atoms with Crippen molar-refractivity contribution in [2.75, 3.05) is 12.3 Å². The molecule has 0 amide bonds. The third-order valence-electron chi connectivity index (χ3n) is 1.29. The highest BCUT2D eigenvalue weighted by atomic mass is 31.1. The number of unbranched alkanes of at least 4 members (excludes halogenated alkanes) is 3. The van der Waals surface area contributed by atoms with Crippen LogP contribution >= 0.6 is 17.8 Å². The minimum Gasteiger partial charge on any atom is -0.231 e. The van der Waals surface area contributed by atoms with E-state index in [1.54, 1.807) is 0 Å². The summed E-state index contributed by atoms with van der Waals surface area (Å²) in [6.07, 6.45) is 5.51. The van der Waals surface area contributed by atoms with E-state index in [4.69, 9.17) is 0 Å². The minimum absolute atomic E-state index is 0.402. The summed E-state index contributed by atoms with van der Waals surface area (Å²) >= 11 is 0. The van der Waals surface area contributed by atoms with Crippen LogP contribution in [0.25, 0.3) is 0 Å². The summed E-state index contributed by atoms with van der Waals surface area (Å²) in [4.78, 5) is 0. The molecule has 0 aromatic carbocycles. The molecule has 0 heterocycles. The van der Waals surface area contributed by atoms with Gasteiger partial charge in [-0.3, -0.25) is 0 Å². The summed E-state index contributed by atoms with van der Waals surface area (Å²) in [6, 6.07) is 0. The van der Waals surface area contributed by atoms with E-state index in [0.29, 0.717) is 12.3 Å². The first-order valence-electron chi connectivity index (χ1n) is 3.59.